The van der Waals surface area contributed by atoms with E-state index in [1.165, 1.54) is 12.7 Å². The van der Waals surface area contributed by atoms with E-state index >= 15 is 0 Å². The number of azide groups is 1. The predicted molar refractivity (Wildman–Crippen MR) is 224 cm³/mol. The highest BCUT2D eigenvalue weighted by Crippen LogP contribution is 2.45. The van der Waals surface area contributed by atoms with Gasteiger partial charge in [-0.3, -0.25) is 9.36 Å². The molecule has 2 aromatic heterocycles. The number of ether oxygens (including phenoxy) is 4. The fraction of sp³-hybridized carbons (Fsp3) is 0.182. The zero-order valence-electron chi connectivity index (χ0n) is 32.8. The number of amides is 1. The molecule has 61 heavy (non-hydrogen) atoms. The van der Waals surface area contributed by atoms with E-state index in [1.54, 1.807) is 73.4 Å². The lowest BCUT2D eigenvalue weighted by Crippen LogP contribution is -2.39. The first-order chi connectivity index (χ1) is 29.9. The minimum absolute atomic E-state index is 0.143. The van der Waals surface area contributed by atoms with Crippen molar-refractivity contribution in [3.63, 3.8) is 0 Å². The van der Waals surface area contributed by atoms with Crippen molar-refractivity contribution in [2.45, 2.75) is 30.1 Å². The standard InChI is InChI=1S/C44H37N8O8P/c1-55-33-22-18-31(19-23-33)44(30-14-8-4-9-15-30,32-20-24-34(56-2)25-21-32)57-26-36-37(50-51-45)39(60-61(54)59-35-16-10-5-11-17-35)43(58-36)52-28-48-38-40(46-27-47-41(38)52)49-42(53)29-12-6-3-7-13-29/h3-25,27-28,36-37,39,43H,26H2,1-2H3/p+1/t36-,37-,39-,43-/m1/s1. The number of imidazole rings is 1. The van der Waals surface area contributed by atoms with Crippen LogP contribution in [0.4, 0.5) is 5.82 Å². The van der Waals surface area contributed by atoms with E-state index in [-0.39, 0.29) is 23.6 Å². The number of rotatable bonds is 16. The molecule has 0 radical (unpaired) electrons. The van der Waals surface area contributed by atoms with Gasteiger partial charge >= 0.3 is 8.25 Å². The smallest absolute Gasteiger partial charge is 0.497 e. The van der Waals surface area contributed by atoms with Crippen LogP contribution in [-0.2, 0) is 24.2 Å². The van der Waals surface area contributed by atoms with Crippen molar-refractivity contribution in [2.75, 3.05) is 26.1 Å². The van der Waals surface area contributed by atoms with Gasteiger partial charge in [0.05, 0.1) is 33.3 Å². The van der Waals surface area contributed by atoms with E-state index in [4.69, 9.17) is 28.0 Å². The van der Waals surface area contributed by atoms with Gasteiger partial charge in [-0.15, -0.1) is 4.52 Å². The van der Waals surface area contributed by atoms with Gasteiger partial charge in [-0.2, -0.15) is 0 Å². The maximum Gasteiger partial charge on any atom is 0.750 e. The first-order valence-corrected chi connectivity index (χ1v) is 20.1. The van der Waals surface area contributed by atoms with Gasteiger partial charge in [0.25, 0.3) is 5.91 Å². The lowest BCUT2D eigenvalue weighted by molar-refractivity contribution is -0.0844. The summed E-state index contributed by atoms with van der Waals surface area (Å²) in [5.74, 6) is 1.34. The Bertz CT molecular complexity index is 2600. The molecule has 16 nitrogen and oxygen atoms in total. The molecule has 1 aliphatic heterocycles. The summed E-state index contributed by atoms with van der Waals surface area (Å²) >= 11 is 0. The average Bonchev–Trinajstić information content (AvgIpc) is 3.89. The molecule has 0 aliphatic carbocycles. The fourth-order valence-corrected chi connectivity index (χ4v) is 8.03. The van der Waals surface area contributed by atoms with Crippen LogP contribution < -0.4 is 19.3 Å². The lowest BCUT2D eigenvalue weighted by Gasteiger charge is -2.37. The number of anilines is 1. The van der Waals surface area contributed by atoms with Crippen molar-refractivity contribution in [3.05, 3.63) is 185 Å². The van der Waals surface area contributed by atoms with Crippen molar-refractivity contribution < 1.29 is 37.4 Å². The molecule has 17 heteroatoms. The first kappa shape index (κ1) is 40.6. The van der Waals surface area contributed by atoms with Crippen molar-refractivity contribution in [2.24, 2.45) is 5.11 Å². The summed E-state index contributed by atoms with van der Waals surface area (Å²) in [6.07, 6.45) is -0.702. The number of hydrogen-bond donors (Lipinski definition) is 1. The van der Waals surface area contributed by atoms with Crippen LogP contribution >= 0.6 is 8.25 Å². The van der Waals surface area contributed by atoms with Gasteiger partial charge in [-0.25, -0.2) is 19.5 Å². The number of para-hydroxylation sites is 1. The Hall–Kier alpha value is -7.19. The maximum atomic E-state index is 13.7. The molecule has 5 aromatic carbocycles. The van der Waals surface area contributed by atoms with Crippen molar-refractivity contribution in [1.82, 2.24) is 19.5 Å². The van der Waals surface area contributed by atoms with E-state index in [1.807, 2.05) is 84.9 Å². The summed E-state index contributed by atoms with van der Waals surface area (Å²) in [7, 11) is 0.324. The van der Waals surface area contributed by atoms with Gasteiger partial charge < -0.3 is 24.3 Å². The van der Waals surface area contributed by atoms with Gasteiger partial charge in [-0.05, 0) is 70.8 Å². The van der Waals surface area contributed by atoms with E-state index in [2.05, 4.69) is 30.3 Å². The Morgan fingerprint density at radius 2 is 1.39 bits per heavy atom. The summed E-state index contributed by atoms with van der Waals surface area (Å²) in [5, 5.41) is 6.96. The number of nitrogens with zero attached hydrogens (tertiary/aromatic N) is 7. The summed E-state index contributed by atoms with van der Waals surface area (Å²) in [4.78, 5) is 29.6. The second-order valence-electron chi connectivity index (χ2n) is 13.6. The van der Waals surface area contributed by atoms with E-state index < -0.39 is 44.2 Å². The van der Waals surface area contributed by atoms with Crippen LogP contribution in [0.15, 0.2) is 157 Å². The van der Waals surface area contributed by atoms with Gasteiger partial charge in [0.15, 0.2) is 35.1 Å². The normalized spacial score (nSPS) is 17.6. The molecule has 3 heterocycles. The number of carbonyl (C=O) groups is 1. The summed E-state index contributed by atoms with van der Waals surface area (Å²) in [5.41, 5.74) is 11.9. The Morgan fingerprint density at radius 1 is 0.803 bits per heavy atom. The van der Waals surface area contributed by atoms with Crippen molar-refractivity contribution in [3.8, 4) is 17.2 Å². The third-order valence-corrected chi connectivity index (χ3v) is 10.9. The summed E-state index contributed by atoms with van der Waals surface area (Å²) in [6.45, 7) is -0.177. The van der Waals surface area contributed by atoms with Crippen molar-refractivity contribution >= 4 is 31.1 Å². The predicted octanol–water partition coefficient (Wildman–Crippen LogP) is 8.80. The molecule has 1 saturated heterocycles. The highest BCUT2D eigenvalue weighted by atomic mass is 31.1. The first-order valence-electron chi connectivity index (χ1n) is 19.0. The van der Waals surface area contributed by atoms with Gasteiger partial charge in [-0.1, -0.05) is 96.1 Å². The molecule has 5 atom stereocenters. The van der Waals surface area contributed by atoms with E-state index in [0.717, 1.165) is 16.7 Å². The molecule has 8 rings (SSSR count). The van der Waals surface area contributed by atoms with E-state index in [9.17, 15) is 14.9 Å². The maximum absolute atomic E-state index is 13.7. The van der Waals surface area contributed by atoms with Crippen LogP contribution in [-0.4, -0.2) is 64.5 Å². The molecule has 0 saturated carbocycles. The number of carbonyl (C=O) groups excluding carboxylic acids is 1. The quantitative estimate of drug-likeness (QED) is 0.0321. The fourth-order valence-electron chi connectivity index (χ4n) is 7.26. The monoisotopic (exact) mass is 837 g/mol. The zero-order chi connectivity index (χ0) is 42.2. The SMILES string of the molecule is COc1ccc(C(OC[C@H]2O[C@@H](n3cnc4c(NC(=O)c5ccccc5)ncnc43)[C@H](O[P+](=O)Oc3ccccc3)[C@@H]2N=[N+]=[N-])(c2ccccc2)c2ccc(OC)cc2)cc1. The van der Waals surface area contributed by atoms with Gasteiger partial charge in [0.1, 0.15) is 29.5 Å². The van der Waals surface area contributed by atoms with Crippen LogP contribution in [0.3, 0.4) is 0 Å². The Morgan fingerprint density at radius 3 is 2.00 bits per heavy atom. The third kappa shape index (κ3) is 8.48. The molecule has 7 aromatic rings. The number of fused-ring (bicyclic) bond motifs is 1. The topological polar surface area (TPSA) is 194 Å². The molecule has 1 aliphatic rings. The second kappa shape index (κ2) is 18.4. The Balaban J connectivity index is 1.19. The highest BCUT2D eigenvalue weighted by molar-refractivity contribution is 7.33. The van der Waals surface area contributed by atoms with Crippen LogP contribution in [0.1, 0.15) is 33.3 Å². The molecule has 1 fully saturated rings. The molecule has 1 amide bonds. The van der Waals surface area contributed by atoms with Crippen LogP contribution in [0.5, 0.6) is 17.2 Å². The molecular weight excluding hydrogens is 800 g/mol. The summed E-state index contributed by atoms with van der Waals surface area (Å²) < 4.78 is 51.9. The molecule has 1 unspecified atom stereocenters. The second-order valence-corrected chi connectivity index (χ2v) is 14.5. The molecule has 306 valence electrons. The zero-order valence-corrected chi connectivity index (χ0v) is 33.7. The lowest BCUT2D eigenvalue weighted by atomic mass is 9.80. The number of aromatic nitrogens is 4. The third-order valence-electron chi connectivity index (χ3n) is 10.2. The molecule has 0 spiro atoms. The number of nitrogens with one attached hydrogen (secondary N) is 1. The van der Waals surface area contributed by atoms with Crippen LogP contribution in [0, 0.1) is 0 Å². The number of benzene rings is 5. The van der Waals surface area contributed by atoms with Crippen LogP contribution in [0.2, 0.25) is 0 Å². The minimum atomic E-state index is -2.87. The molecule has 0 bridgehead atoms. The summed E-state index contributed by atoms with van der Waals surface area (Å²) in [6, 6.07) is 40.8. The van der Waals surface area contributed by atoms with E-state index in [0.29, 0.717) is 22.8 Å². The Labute approximate surface area is 350 Å². The number of methoxy groups -OCH3 is 2. The molecule has 1 N–H and O–H groups in total. The van der Waals surface area contributed by atoms with Crippen LogP contribution in [0.25, 0.3) is 21.6 Å². The van der Waals surface area contributed by atoms with Gasteiger partial charge in [0, 0.05) is 15.0 Å². The minimum Gasteiger partial charge on any atom is -0.497 e. The highest BCUT2D eigenvalue weighted by Gasteiger charge is 2.53. The average molecular weight is 838 g/mol. The largest absolute Gasteiger partial charge is 0.750 e. The van der Waals surface area contributed by atoms with Crippen molar-refractivity contribution in [1.29, 1.82) is 0 Å². The Kier molecular flexibility index (Phi) is 12.2. The van der Waals surface area contributed by atoms with Gasteiger partial charge in [0.2, 0.25) is 0 Å². The molecular formula is C44H38N8O8P+. The number of hydrogen-bond acceptors (Lipinski definition) is 12.